The van der Waals surface area contributed by atoms with E-state index in [4.69, 9.17) is 4.74 Å². The molecule has 5 rings (SSSR count). The number of anilines is 1. The Morgan fingerprint density at radius 2 is 1.79 bits per heavy atom. The van der Waals surface area contributed by atoms with E-state index < -0.39 is 11.6 Å². The Kier molecular flexibility index (Phi) is 5.63. The molecule has 2 aliphatic rings. The predicted octanol–water partition coefficient (Wildman–Crippen LogP) is 2.48. The van der Waals surface area contributed by atoms with Crippen molar-refractivity contribution in [1.29, 1.82) is 0 Å². The van der Waals surface area contributed by atoms with E-state index in [1.807, 2.05) is 43.4 Å². The van der Waals surface area contributed by atoms with Crippen LogP contribution in [-0.2, 0) is 19.9 Å². The van der Waals surface area contributed by atoms with Crippen molar-refractivity contribution in [3.05, 3.63) is 78.2 Å². The normalized spacial score (nSPS) is 22.0. The van der Waals surface area contributed by atoms with Gasteiger partial charge in [0, 0.05) is 36.4 Å². The number of nitrogens with one attached hydrogen (secondary N) is 1. The number of esters is 1. The van der Waals surface area contributed by atoms with Gasteiger partial charge in [0.05, 0.1) is 19.8 Å². The molecule has 2 atom stereocenters. The second-order valence-corrected chi connectivity index (χ2v) is 9.20. The first-order chi connectivity index (χ1) is 16.4. The third kappa shape index (κ3) is 3.74. The van der Waals surface area contributed by atoms with Crippen molar-refractivity contribution in [1.82, 2.24) is 9.97 Å². The summed E-state index contributed by atoms with van der Waals surface area (Å²) in [6.45, 7) is 1.15. The highest BCUT2D eigenvalue weighted by molar-refractivity contribution is 5.96. The van der Waals surface area contributed by atoms with Crippen LogP contribution >= 0.6 is 0 Å². The fourth-order valence-corrected chi connectivity index (χ4v) is 5.24. The lowest BCUT2D eigenvalue weighted by Crippen LogP contribution is -2.54. The number of quaternary nitrogens is 1. The molecule has 2 N–H and O–H groups in total. The van der Waals surface area contributed by atoms with Crippen LogP contribution in [0.2, 0.25) is 0 Å². The van der Waals surface area contributed by atoms with Gasteiger partial charge < -0.3 is 19.6 Å². The van der Waals surface area contributed by atoms with Gasteiger partial charge in [-0.2, -0.15) is 0 Å². The van der Waals surface area contributed by atoms with E-state index in [0.717, 1.165) is 30.5 Å². The Morgan fingerprint density at radius 1 is 1.12 bits per heavy atom. The molecule has 1 fully saturated rings. The summed E-state index contributed by atoms with van der Waals surface area (Å²) in [7, 11) is 2.00. The molecule has 8 nitrogen and oxygen atoms in total. The molecule has 1 saturated heterocycles. The van der Waals surface area contributed by atoms with Gasteiger partial charge in [0.25, 0.3) is 5.91 Å². The number of ether oxygens (including phenoxy) is 1. The lowest BCUT2D eigenvalue weighted by Gasteiger charge is -2.35. The van der Waals surface area contributed by atoms with Crippen LogP contribution in [0.3, 0.4) is 0 Å². The molecule has 1 aromatic heterocycles. The number of likely N-dealkylation sites (tertiary alicyclic amines) is 1. The minimum Gasteiger partial charge on any atom is -0.457 e. The summed E-state index contributed by atoms with van der Waals surface area (Å²) in [5.41, 5.74) is 0.888. The standard InChI is InChI=1S/C26H26N4O4/c1-30(16-24(31)29-23-15-27-12-13-28-23)14-6-7-18(30)17-34-25(32)26(33)21-10-4-2-8-19(21)20-9-3-5-11-22(20)26/h2-5,8-13,15,18,33H,6-7,14,16-17H2,1H3/p+1/t18?,30-/m1/s1. The first-order valence-corrected chi connectivity index (χ1v) is 11.4. The number of nitrogens with zero attached hydrogens (tertiary/aromatic N) is 3. The molecule has 0 saturated carbocycles. The maximum atomic E-state index is 13.4. The summed E-state index contributed by atoms with van der Waals surface area (Å²) < 4.78 is 6.21. The van der Waals surface area contributed by atoms with E-state index in [1.165, 1.54) is 12.4 Å². The Morgan fingerprint density at radius 3 is 2.44 bits per heavy atom. The molecule has 8 heteroatoms. The van der Waals surface area contributed by atoms with Crippen LogP contribution in [0.25, 0.3) is 11.1 Å². The van der Waals surface area contributed by atoms with Gasteiger partial charge in [0.1, 0.15) is 12.6 Å². The van der Waals surface area contributed by atoms with Gasteiger partial charge in [-0.25, -0.2) is 9.78 Å². The van der Waals surface area contributed by atoms with Crippen molar-refractivity contribution < 1.29 is 23.9 Å². The number of likely N-dealkylation sites (N-methyl/N-ethyl adjacent to an activating group) is 1. The van der Waals surface area contributed by atoms with Gasteiger partial charge in [-0.3, -0.25) is 9.78 Å². The number of carbonyl (C=O) groups excluding carboxylic acids is 2. The topological polar surface area (TPSA) is 101 Å². The zero-order valence-corrected chi connectivity index (χ0v) is 19.0. The molecule has 1 amide bonds. The maximum Gasteiger partial charge on any atom is 0.347 e. The SMILES string of the molecule is C[N@+]1(CC(=O)Nc2cnccn2)CCCC1COC(=O)C1(O)c2ccccc2-c2ccccc21. The Bertz CT molecular complexity index is 1190. The number of rotatable bonds is 6. The van der Waals surface area contributed by atoms with Crippen LogP contribution < -0.4 is 5.32 Å². The minimum absolute atomic E-state index is 0.0490. The molecule has 1 aliphatic heterocycles. The van der Waals surface area contributed by atoms with E-state index in [2.05, 4.69) is 15.3 Å². The van der Waals surface area contributed by atoms with Crippen molar-refractivity contribution in [3.8, 4) is 11.1 Å². The molecule has 0 bridgehead atoms. The van der Waals surface area contributed by atoms with Crippen LogP contribution in [0, 0.1) is 0 Å². The average Bonchev–Trinajstić information content (AvgIpc) is 3.34. The summed E-state index contributed by atoms with van der Waals surface area (Å²) in [6, 6.07) is 14.7. The number of hydrogen-bond acceptors (Lipinski definition) is 6. The number of hydrogen-bond donors (Lipinski definition) is 2. The van der Waals surface area contributed by atoms with Gasteiger partial charge in [0.2, 0.25) is 5.60 Å². The van der Waals surface area contributed by atoms with Crippen molar-refractivity contribution in [2.45, 2.75) is 24.5 Å². The van der Waals surface area contributed by atoms with Crippen molar-refractivity contribution in [2.24, 2.45) is 0 Å². The van der Waals surface area contributed by atoms with Gasteiger partial charge >= 0.3 is 5.97 Å². The largest absolute Gasteiger partial charge is 0.457 e. The van der Waals surface area contributed by atoms with E-state index in [1.54, 1.807) is 18.3 Å². The summed E-state index contributed by atoms with van der Waals surface area (Å²) in [6.07, 6.45) is 6.32. The quantitative estimate of drug-likeness (QED) is 0.434. The van der Waals surface area contributed by atoms with Crippen molar-refractivity contribution in [3.63, 3.8) is 0 Å². The highest BCUT2D eigenvalue weighted by atomic mass is 16.6. The van der Waals surface area contributed by atoms with Gasteiger partial charge in [-0.1, -0.05) is 48.5 Å². The third-order valence-electron chi connectivity index (χ3n) is 7.05. The lowest BCUT2D eigenvalue weighted by atomic mass is 9.91. The molecule has 1 unspecified atom stereocenters. The fraction of sp³-hybridized carbons (Fsp3) is 0.308. The zero-order valence-electron chi connectivity index (χ0n) is 19.0. The highest BCUT2D eigenvalue weighted by Gasteiger charge is 2.50. The number of benzene rings is 2. The maximum absolute atomic E-state index is 13.4. The van der Waals surface area contributed by atoms with Crippen molar-refractivity contribution >= 4 is 17.7 Å². The third-order valence-corrected chi connectivity index (χ3v) is 7.05. The number of carbonyl (C=O) groups is 2. The number of aromatic nitrogens is 2. The highest BCUT2D eigenvalue weighted by Crippen LogP contribution is 2.48. The summed E-state index contributed by atoms with van der Waals surface area (Å²) >= 11 is 0. The lowest BCUT2D eigenvalue weighted by molar-refractivity contribution is -0.913. The number of fused-ring (bicyclic) bond motifs is 3. The number of aliphatic hydroxyl groups is 1. The van der Waals surface area contributed by atoms with Crippen molar-refractivity contribution in [2.75, 3.05) is 32.1 Å². The fourth-order valence-electron chi connectivity index (χ4n) is 5.24. The predicted molar refractivity (Wildman–Crippen MR) is 125 cm³/mol. The van der Waals surface area contributed by atoms with Crippen LogP contribution in [0.5, 0.6) is 0 Å². The number of amides is 1. The first-order valence-electron chi connectivity index (χ1n) is 11.4. The summed E-state index contributed by atoms with van der Waals surface area (Å²) in [4.78, 5) is 34.0. The molecule has 3 aromatic rings. The molecule has 2 heterocycles. The molecular formula is C26H27N4O4+. The summed E-state index contributed by atoms with van der Waals surface area (Å²) in [5, 5.41) is 14.4. The summed E-state index contributed by atoms with van der Waals surface area (Å²) in [5.74, 6) is -0.451. The molecule has 0 radical (unpaired) electrons. The zero-order chi connectivity index (χ0) is 23.8. The Balaban J connectivity index is 1.30. The van der Waals surface area contributed by atoms with Crippen LogP contribution in [0.1, 0.15) is 24.0 Å². The first kappa shape index (κ1) is 22.2. The van der Waals surface area contributed by atoms with Crippen LogP contribution in [0.15, 0.2) is 67.1 Å². The van der Waals surface area contributed by atoms with Gasteiger partial charge in [-0.05, 0) is 11.1 Å². The minimum atomic E-state index is -1.85. The van der Waals surface area contributed by atoms with E-state index in [9.17, 15) is 14.7 Å². The Hall–Kier alpha value is -3.62. The average molecular weight is 460 g/mol. The van der Waals surface area contributed by atoms with Gasteiger partial charge in [-0.15, -0.1) is 0 Å². The molecule has 34 heavy (non-hydrogen) atoms. The van der Waals surface area contributed by atoms with Crippen LogP contribution in [-0.4, -0.2) is 64.2 Å². The second kappa shape index (κ2) is 8.62. The second-order valence-electron chi connectivity index (χ2n) is 9.20. The smallest absolute Gasteiger partial charge is 0.347 e. The van der Waals surface area contributed by atoms with Gasteiger partial charge in [0.15, 0.2) is 12.4 Å². The Labute approximate surface area is 197 Å². The molecular weight excluding hydrogens is 432 g/mol. The van der Waals surface area contributed by atoms with Crippen LogP contribution in [0.4, 0.5) is 5.82 Å². The van der Waals surface area contributed by atoms with E-state index in [0.29, 0.717) is 21.4 Å². The monoisotopic (exact) mass is 459 g/mol. The molecule has 0 spiro atoms. The molecule has 174 valence electrons. The van der Waals surface area contributed by atoms with E-state index >= 15 is 0 Å². The van der Waals surface area contributed by atoms with E-state index in [-0.39, 0.29) is 25.1 Å². The molecule has 2 aromatic carbocycles. The molecule has 1 aliphatic carbocycles.